The summed E-state index contributed by atoms with van der Waals surface area (Å²) in [7, 11) is 0. The second kappa shape index (κ2) is 25.9. The molecule has 0 bridgehead atoms. The Kier molecular flexibility index (Phi) is 21.9. The van der Waals surface area contributed by atoms with Crippen molar-refractivity contribution in [1.29, 1.82) is 0 Å². The van der Waals surface area contributed by atoms with Crippen LogP contribution in [0.3, 0.4) is 0 Å². The maximum absolute atomic E-state index is 12.6. The Hall–Kier alpha value is -3.25. The molecule has 0 atom stereocenters. The number of nitrogens with zero attached hydrogens (tertiary/aromatic N) is 3. The fourth-order valence-corrected chi connectivity index (χ4v) is 4.08. The second-order valence-corrected chi connectivity index (χ2v) is 9.90. The standard InChI is InChI=1S/C31H50N6O9/c1-4-7-18-32-43-25-39-21-14-31(15-22-40-26-44-33-19-8-5-2,16-23-41-27-45-34-20-9-6-3)17-24-42-30(38)46-37-29-13-11-10-12-28(29)35-36-37/h4-13,32-34H,14-27H2,1-3H3/b7-4-,8-5-,9-6-. The lowest BCUT2D eigenvalue weighted by Crippen LogP contribution is -2.31. The highest BCUT2D eigenvalue weighted by Gasteiger charge is 2.30. The van der Waals surface area contributed by atoms with Gasteiger partial charge in [-0.2, -0.15) is 16.4 Å². The maximum atomic E-state index is 12.6. The number of rotatable bonds is 28. The Morgan fingerprint density at radius 3 is 1.72 bits per heavy atom. The molecular formula is C31H50N6O9. The molecule has 0 aliphatic carbocycles. The van der Waals surface area contributed by atoms with Gasteiger partial charge in [-0.3, -0.25) is 19.4 Å². The van der Waals surface area contributed by atoms with E-state index in [0.29, 0.717) is 76.2 Å². The molecule has 258 valence electrons. The molecule has 0 saturated carbocycles. The largest absolute Gasteiger partial charge is 0.535 e. The average molecular weight is 651 g/mol. The Balaban J connectivity index is 1.97. The molecule has 0 aliphatic rings. The minimum Gasteiger partial charge on any atom is -0.433 e. The highest BCUT2D eigenvalue weighted by molar-refractivity contribution is 5.74. The third-order valence-electron chi connectivity index (χ3n) is 6.71. The van der Waals surface area contributed by atoms with E-state index < -0.39 is 11.6 Å². The summed E-state index contributed by atoms with van der Waals surface area (Å²) < 4.78 is 22.7. The van der Waals surface area contributed by atoms with Crippen molar-refractivity contribution >= 4 is 17.2 Å². The minimum absolute atomic E-state index is 0.0761. The third kappa shape index (κ3) is 17.4. The molecule has 0 spiro atoms. The summed E-state index contributed by atoms with van der Waals surface area (Å²) in [4.78, 5) is 34.8. The van der Waals surface area contributed by atoms with Crippen molar-refractivity contribution in [2.45, 2.75) is 46.5 Å². The molecule has 2 aromatic rings. The number of para-hydroxylation sites is 1. The molecule has 0 radical (unpaired) electrons. The van der Waals surface area contributed by atoms with Crippen molar-refractivity contribution in [3.8, 4) is 0 Å². The van der Waals surface area contributed by atoms with E-state index in [0.717, 1.165) is 4.85 Å². The van der Waals surface area contributed by atoms with Crippen molar-refractivity contribution in [2.24, 2.45) is 5.41 Å². The van der Waals surface area contributed by atoms with Gasteiger partial charge in [0.05, 0.1) is 26.4 Å². The quantitative estimate of drug-likeness (QED) is 0.0305. The Labute approximate surface area is 270 Å². The molecule has 1 aromatic heterocycles. The molecule has 0 saturated heterocycles. The van der Waals surface area contributed by atoms with Gasteiger partial charge in [0.15, 0.2) is 20.4 Å². The predicted octanol–water partition coefficient (Wildman–Crippen LogP) is 3.76. The van der Waals surface area contributed by atoms with Crippen LogP contribution >= 0.6 is 0 Å². The molecule has 46 heavy (non-hydrogen) atoms. The summed E-state index contributed by atoms with van der Waals surface area (Å²) in [5.41, 5.74) is 9.18. The smallest absolute Gasteiger partial charge is 0.433 e. The van der Waals surface area contributed by atoms with Crippen molar-refractivity contribution in [3.63, 3.8) is 0 Å². The fraction of sp³-hybridized carbons (Fsp3) is 0.581. The Morgan fingerprint density at radius 1 is 0.739 bits per heavy atom. The van der Waals surface area contributed by atoms with Gasteiger partial charge in [0.25, 0.3) is 0 Å². The van der Waals surface area contributed by atoms with E-state index in [1.807, 2.05) is 63.3 Å². The van der Waals surface area contributed by atoms with Crippen LogP contribution in [-0.2, 0) is 33.5 Å². The number of allylic oxidation sites excluding steroid dienone is 3. The first-order valence-corrected chi connectivity index (χ1v) is 15.4. The van der Waals surface area contributed by atoms with Crippen LogP contribution in [0.15, 0.2) is 60.7 Å². The number of benzene rings is 1. The minimum atomic E-state index is -0.893. The molecule has 1 aromatic carbocycles. The number of fused-ring (bicyclic) bond motifs is 1. The second-order valence-electron chi connectivity index (χ2n) is 9.90. The molecular weight excluding hydrogens is 600 g/mol. The lowest BCUT2D eigenvalue weighted by Gasteiger charge is -2.34. The number of nitrogens with one attached hydrogen (secondary N) is 3. The van der Waals surface area contributed by atoms with Gasteiger partial charge >= 0.3 is 6.16 Å². The van der Waals surface area contributed by atoms with Crippen molar-refractivity contribution in [1.82, 2.24) is 31.6 Å². The average Bonchev–Trinajstić information content (AvgIpc) is 3.47. The lowest BCUT2D eigenvalue weighted by molar-refractivity contribution is -0.120. The van der Waals surface area contributed by atoms with Crippen LogP contribution in [0.5, 0.6) is 0 Å². The molecule has 0 fully saturated rings. The molecule has 0 amide bonds. The van der Waals surface area contributed by atoms with Crippen molar-refractivity contribution < 1.29 is 43.1 Å². The van der Waals surface area contributed by atoms with E-state index in [-0.39, 0.29) is 27.0 Å². The predicted molar refractivity (Wildman–Crippen MR) is 171 cm³/mol. The molecule has 15 heteroatoms. The zero-order chi connectivity index (χ0) is 33.0. The zero-order valence-corrected chi connectivity index (χ0v) is 27.2. The molecule has 3 N–H and O–H groups in total. The van der Waals surface area contributed by atoms with Gasteiger partial charge in [-0.1, -0.05) is 53.4 Å². The van der Waals surface area contributed by atoms with E-state index in [4.69, 9.17) is 38.3 Å². The normalized spacial score (nSPS) is 12.3. The zero-order valence-electron chi connectivity index (χ0n) is 27.2. The van der Waals surface area contributed by atoms with E-state index in [9.17, 15) is 4.79 Å². The molecule has 2 rings (SSSR count). The summed E-state index contributed by atoms with van der Waals surface area (Å²) in [6, 6.07) is 7.13. The Bertz CT molecular complexity index is 1080. The van der Waals surface area contributed by atoms with Crippen LogP contribution in [-0.4, -0.2) is 87.8 Å². The summed E-state index contributed by atoms with van der Waals surface area (Å²) in [5, 5.41) is 7.85. The number of ether oxygens (including phenoxy) is 4. The first-order valence-electron chi connectivity index (χ1n) is 15.4. The van der Waals surface area contributed by atoms with Crippen LogP contribution in [0, 0.1) is 5.41 Å². The monoisotopic (exact) mass is 650 g/mol. The number of hydrogen-bond donors (Lipinski definition) is 3. The number of hydrogen-bond acceptors (Lipinski definition) is 14. The Morgan fingerprint density at radius 2 is 1.22 bits per heavy atom. The summed E-state index contributed by atoms with van der Waals surface area (Å²) in [6.07, 6.45) is 13.0. The summed E-state index contributed by atoms with van der Waals surface area (Å²) in [6.45, 7) is 9.02. The van der Waals surface area contributed by atoms with E-state index in [2.05, 4.69) is 26.8 Å². The van der Waals surface area contributed by atoms with E-state index in [1.165, 1.54) is 0 Å². The number of carbonyl (C=O) groups is 1. The third-order valence-corrected chi connectivity index (χ3v) is 6.71. The van der Waals surface area contributed by atoms with Crippen molar-refractivity contribution in [2.75, 3.05) is 66.4 Å². The van der Waals surface area contributed by atoms with Gasteiger partial charge in [0.2, 0.25) is 0 Å². The highest BCUT2D eigenvalue weighted by atomic mass is 16.8. The van der Waals surface area contributed by atoms with Crippen LogP contribution in [0.25, 0.3) is 11.0 Å². The van der Waals surface area contributed by atoms with Crippen LogP contribution in [0.2, 0.25) is 0 Å². The number of hydroxylamine groups is 3. The van der Waals surface area contributed by atoms with E-state index in [1.54, 1.807) is 18.2 Å². The van der Waals surface area contributed by atoms with Crippen LogP contribution in [0.1, 0.15) is 46.5 Å². The van der Waals surface area contributed by atoms with Crippen LogP contribution < -0.4 is 21.3 Å². The van der Waals surface area contributed by atoms with Gasteiger partial charge in [-0.15, -0.1) is 5.10 Å². The van der Waals surface area contributed by atoms with Gasteiger partial charge in [-0.25, -0.2) is 4.79 Å². The summed E-state index contributed by atoms with van der Waals surface area (Å²) in [5.74, 6) is 0. The maximum Gasteiger partial charge on any atom is 0.535 e. The molecule has 0 aliphatic heterocycles. The van der Waals surface area contributed by atoms with Gasteiger partial charge < -0.3 is 18.9 Å². The summed E-state index contributed by atoms with van der Waals surface area (Å²) >= 11 is 0. The highest BCUT2D eigenvalue weighted by Crippen LogP contribution is 2.35. The van der Waals surface area contributed by atoms with E-state index >= 15 is 0 Å². The lowest BCUT2D eigenvalue weighted by atomic mass is 9.76. The number of aromatic nitrogens is 3. The first-order chi connectivity index (χ1) is 22.6. The van der Waals surface area contributed by atoms with Crippen LogP contribution in [0.4, 0.5) is 4.79 Å². The molecule has 0 unspecified atom stereocenters. The van der Waals surface area contributed by atoms with Gasteiger partial charge in [0.1, 0.15) is 11.0 Å². The number of carbonyl (C=O) groups excluding carboxylic acids is 1. The molecule has 1 heterocycles. The topological polar surface area (TPSA) is 158 Å². The van der Waals surface area contributed by atoms with Crippen molar-refractivity contribution in [3.05, 3.63) is 60.7 Å². The van der Waals surface area contributed by atoms with Gasteiger partial charge in [0, 0.05) is 19.6 Å². The fourth-order valence-electron chi connectivity index (χ4n) is 4.08. The first kappa shape index (κ1) is 38.9. The van der Waals surface area contributed by atoms with Gasteiger partial charge in [-0.05, 0) is 69.2 Å². The molecule has 15 nitrogen and oxygen atoms in total. The SMILES string of the molecule is C/C=C\CNOCOCCC(CCOCONC/C=C\C)(CCOCONC/C=C\C)CCOC(=O)On1nnc2ccccc21.